The number of carbonyl (C=O) groups is 2. The van der Waals surface area contributed by atoms with Crippen LogP contribution < -0.4 is 5.73 Å². The van der Waals surface area contributed by atoms with E-state index in [4.69, 9.17) is 10.8 Å². The molecule has 2 atom stereocenters. The Hall–Kier alpha value is -1.36. The lowest BCUT2D eigenvalue weighted by Gasteiger charge is -2.56. The average Bonchev–Trinajstić information content (AvgIpc) is 2.15. The van der Waals surface area contributed by atoms with Gasteiger partial charge in [0, 0.05) is 0 Å². The lowest BCUT2D eigenvalue weighted by molar-refractivity contribution is -0.161. The first-order valence-electron chi connectivity index (χ1n) is 4.51. The Morgan fingerprint density at radius 1 is 1.79 bits per heavy atom. The summed E-state index contributed by atoms with van der Waals surface area (Å²) in [4.78, 5) is 23.6. The first kappa shape index (κ1) is 9.21. The number of rotatable bonds is 1. The van der Waals surface area contributed by atoms with Gasteiger partial charge >= 0.3 is 5.97 Å². The Morgan fingerprint density at radius 2 is 2.43 bits per heavy atom. The van der Waals surface area contributed by atoms with Crippen molar-refractivity contribution in [2.75, 3.05) is 0 Å². The van der Waals surface area contributed by atoms with Crippen LogP contribution >= 0.6 is 0 Å². The summed E-state index contributed by atoms with van der Waals surface area (Å²) < 4.78 is 0. The van der Waals surface area contributed by atoms with Gasteiger partial charge in [-0.25, -0.2) is 4.79 Å². The number of nitrogens with zero attached hydrogens (tertiary/aromatic N) is 1. The molecule has 0 aromatic heterocycles. The molecule has 0 aliphatic carbocycles. The zero-order chi connectivity index (χ0) is 10.5. The van der Waals surface area contributed by atoms with Crippen molar-refractivity contribution < 1.29 is 14.7 Å². The molecule has 5 heteroatoms. The van der Waals surface area contributed by atoms with E-state index in [-0.39, 0.29) is 11.6 Å². The number of hydrogen-bond donors (Lipinski definition) is 2. The number of hydrogen-bond acceptors (Lipinski definition) is 3. The molecule has 1 saturated heterocycles. The van der Waals surface area contributed by atoms with Crippen LogP contribution in [0.4, 0.5) is 0 Å². The number of β-lactam (4-membered cyclic amide) rings is 1. The van der Waals surface area contributed by atoms with Gasteiger partial charge in [0.1, 0.15) is 11.7 Å². The second kappa shape index (κ2) is 2.57. The zero-order valence-electron chi connectivity index (χ0n) is 7.86. The highest BCUT2D eigenvalue weighted by Crippen LogP contribution is 2.41. The predicted molar refractivity (Wildman–Crippen MR) is 48.2 cm³/mol. The van der Waals surface area contributed by atoms with Crippen molar-refractivity contribution in [3.05, 3.63) is 11.8 Å². The average molecular weight is 196 g/mol. The van der Waals surface area contributed by atoms with E-state index in [1.165, 1.54) is 4.90 Å². The monoisotopic (exact) mass is 196 g/mol. The minimum absolute atomic E-state index is 0.0745. The molecule has 2 aliphatic heterocycles. The van der Waals surface area contributed by atoms with Crippen LogP contribution in [-0.2, 0) is 9.59 Å². The van der Waals surface area contributed by atoms with Crippen molar-refractivity contribution in [1.82, 2.24) is 4.90 Å². The molecule has 0 aromatic rings. The number of allylic oxidation sites excluding steroid dienone is 1. The van der Waals surface area contributed by atoms with Gasteiger partial charge in [0.15, 0.2) is 0 Å². The van der Waals surface area contributed by atoms with Gasteiger partial charge in [-0.1, -0.05) is 6.08 Å². The van der Waals surface area contributed by atoms with Gasteiger partial charge < -0.3 is 10.8 Å². The van der Waals surface area contributed by atoms with E-state index in [9.17, 15) is 9.59 Å². The van der Waals surface area contributed by atoms with Crippen LogP contribution in [0.2, 0.25) is 0 Å². The maximum absolute atomic E-state index is 11.4. The molecule has 0 radical (unpaired) electrons. The van der Waals surface area contributed by atoms with Crippen molar-refractivity contribution in [3.8, 4) is 0 Å². The van der Waals surface area contributed by atoms with E-state index >= 15 is 0 Å². The lowest BCUT2D eigenvalue weighted by atomic mass is 9.74. The minimum Gasteiger partial charge on any atom is -0.477 e. The summed E-state index contributed by atoms with van der Waals surface area (Å²) in [5.41, 5.74) is 5.25. The van der Waals surface area contributed by atoms with Gasteiger partial charge in [-0.2, -0.15) is 0 Å². The molecule has 2 rings (SSSR count). The summed E-state index contributed by atoms with van der Waals surface area (Å²) in [6, 6.07) is -0.550. The van der Waals surface area contributed by atoms with Crippen LogP contribution in [0.1, 0.15) is 19.8 Å². The maximum Gasteiger partial charge on any atom is 0.352 e. The number of amides is 1. The molecule has 5 nitrogen and oxygen atoms in total. The second-order valence-electron chi connectivity index (χ2n) is 3.94. The van der Waals surface area contributed by atoms with Crippen molar-refractivity contribution >= 4 is 11.9 Å². The lowest BCUT2D eigenvalue weighted by Crippen LogP contribution is -2.76. The summed E-state index contributed by atoms with van der Waals surface area (Å²) in [7, 11) is 0. The van der Waals surface area contributed by atoms with Crippen molar-refractivity contribution in [3.63, 3.8) is 0 Å². The number of carboxylic acids is 1. The Morgan fingerprint density at radius 3 is 3.00 bits per heavy atom. The third-order valence-corrected chi connectivity index (χ3v) is 3.12. The van der Waals surface area contributed by atoms with E-state index in [1.807, 2.05) is 6.92 Å². The summed E-state index contributed by atoms with van der Waals surface area (Å²) in [6.07, 6.45) is 2.97. The highest BCUT2D eigenvalue weighted by molar-refractivity contribution is 6.00. The largest absolute Gasteiger partial charge is 0.477 e. The summed E-state index contributed by atoms with van der Waals surface area (Å²) in [5.74, 6) is -1.35. The fourth-order valence-corrected chi connectivity index (χ4v) is 2.17. The quantitative estimate of drug-likeness (QED) is 0.563. The normalized spacial score (nSPS) is 35.9. The van der Waals surface area contributed by atoms with Gasteiger partial charge in [-0.3, -0.25) is 9.69 Å². The van der Waals surface area contributed by atoms with Gasteiger partial charge in [0.25, 0.3) is 0 Å². The predicted octanol–water partition coefficient (Wildman–Crippen LogP) is -0.323. The highest BCUT2D eigenvalue weighted by Gasteiger charge is 2.58. The van der Waals surface area contributed by atoms with E-state index in [0.29, 0.717) is 6.42 Å². The first-order valence-corrected chi connectivity index (χ1v) is 4.51. The third kappa shape index (κ3) is 0.874. The molecule has 0 spiro atoms. The second-order valence-corrected chi connectivity index (χ2v) is 3.94. The topological polar surface area (TPSA) is 83.6 Å². The number of carboxylic acid groups (broad SMARTS) is 1. The molecule has 0 aromatic carbocycles. The Balaban J connectivity index is 2.38. The molecule has 0 saturated carbocycles. The molecule has 14 heavy (non-hydrogen) atoms. The highest BCUT2D eigenvalue weighted by atomic mass is 16.4. The third-order valence-electron chi connectivity index (χ3n) is 3.12. The number of carbonyl (C=O) groups excluding carboxylic acids is 1. The van der Waals surface area contributed by atoms with E-state index in [0.717, 1.165) is 6.42 Å². The van der Waals surface area contributed by atoms with Gasteiger partial charge in [-0.15, -0.1) is 0 Å². The summed E-state index contributed by atoms with van der Waals surface area (Å²) >= 11 is 0. The number of fused-ring (bicyclic) bond motifs is 1. The SMILES string of the molecule is C[C@]12CCC=C(C(=O)O)N1C(=O)C2N. The molecule has 76 valence electrons. The molecular formula is C9H12N2O3. The molecule has 2 aliphatic rings. The summed E-state index contributed by atoms with van der Waals surface area (Å²) in [6.45, 7) is 1.83. The Labute approximate surface area is 81.2 Å². The standard InChI is InChI=1S/C9H12N2O3/c1-9-4-2-3-5(8(13)14)11(9)7(12)6(9)10/h3,6H,2,4,10H2,1H3,(H,13,14)/t6?,9-/m1/s1. The molecule has 2 heterocycles. The Bertz CT molecular complexity index is 350. The molecule has 3 N–H and O–H groups in total. The van der Waals surface area contributed by atoms with Gasteiger partial charge in [0.05, 0.1) is 5.54 Å². The van der Waals surface area contributed by atoms with Crippen LogP contribution in [0.25, 0.3) is 0 Å². The zero-order valence-corrected chi connectivity index (χ0v) is 7.86. The minimum atomic E-state index is -1.06. The molecule has 1 amide bonds. The van der Waals surface area contributed by atoms with Gasteiger partial charge in [0.2, 0.25) is 5.91 Å². The van der Waals surface area contributed by atoms with Crippen LogP contribution in [-0.4, -0.2) is 33.5 Å². The van der Waals surface area contributed by atoms with Gasteiger partial charge in [-0.05, 0) is 19.8 Å². The van der Waals surface area contributed by atoms with Crippen LogP contribution in [0.3, 0.4) is 0 Å². The summed E-state index contributed by atoms with van der Waals surface area (Å²) in [5, 5.41) is 8.88. The van der Waals surface area contributed by atoms with Crippen LogP contribution in [0, 0.1) is 0 Å². The number of aliphatic carboxylic acids is 1. The van der Waals surface area contributed by atoms with Crippen molar-refractivity contribution in [1.29, 1.82) is 0 Å². The van der Waals surface area contributed by atoms with Crippen molar-refractivity contribution in [2.24, 2.45) is 5.73 Å². The van der Waals surface area contributed by atoms with E-state index in [2.05, 4.69) is 0 Å². The first-order chi connectivity index (χ1) is 6.48. The molecule has 1 fully saturated rings. The van der Waals surface area contributed by atoms with Crippen LogP contribution in [0.15, 0.2) is 11.8 Å². The maximum atomic E-state index is 11.4. The van der Waals surface area contributed by atoms with Crippen molar-refractivity contribution in [2.45, 2.75) is 31.3 Å². The fourth-order valence-electron chi connectivity index (χ4n) is 2.17. The molecular weight excluding hydrogens is 184 g/mol. The molecule has 1 unspecified atom stereocenters. The van der Waals surface area contributed by atoms with E-state index < -0.39 is 17.6 Å². The van der Waals surface area contributed by atoms with Crippen LogP contribution in [0.5, 0.6) is 0 Å². The smallest absolute Gasteiger partial charge is 0.352 e. The van der Waals surface area contributed by atoms with E-state index in [1.54, 1.807) is 6.08 Å². The number of nitrogens with two attached hydrogens (primary N) is 1. The molecule has 0 bridgehead atoms. The fraction of sp³-hybridized carbons (Fsp3) is 0.556. The Kier molecular flexibility index (Phi) is 1.69.